The van der Waals surface area contributed by atoms with Crippen molar-refractivity contribution in [1.29, 1.82) is 5.26 Å². The third-order valence-corrected chi connectivity index (χ3v) is 5.54. The second kappa shape index (κ2) is 6.34. The molecule has 2 heterocycles. The molecule has 0 saturated heterocycles. The molecule has 0 bridgehead atoms. The summed E-state index contributed by atoms with van der Waals surface area (Å²) in [6.07, 6.45) is 3.01. The number of aromatic nitrogens is 1. The van der Waals surface area contributed by atoms with Gasteiger partial charge in [0.05, 0.1) is 16.7 Å². The van der Waals surface area contributed by atoms with E-state index >= 15 is 0 Å². The minimum absolute atomic E-state index is 0.247. The number of pyridine rings is 1. The van der Waals surface area contributed by atoms with Crippen molar-refractivity contribution in [2.24, 2.45) is 0 Å². The van der Waals surface area contributed by atoms with Crippen molar-refractivity contribution in [2.45, 2.75) is 24.3 Å². The molecule has 0 unspecified atom stereocenters. The van der Waals surface area contributed by atoms with E-state index in [2.05, 4.69) is 11.1 Å². The minimum Gasteiger partial charge on any atom is -0.273 e. The SMILES string of the molecule is N#Cc1cc2c(nc1SCCN1C(=O)c3ccccc3C1=O)CCC2. The Morgan fingerprint density at radius 1 is 1.16 bits per heavy atom. The smallest absolute Gasteiger partial charge is 0.261 e. The molecule has 2 aliphatic rings. The highest BCUT2D eigenvalue weighted by molar-refractivity contribution is 7.99. The number of amides is 2. The molecule has 0 spiro atoms. The van der Waals surface area contributed by atoms with E-state index in [9.17, 15) is 14.9 Å². The van der Waals surface area contributed by atoms with Gasteiger partial charge in [-0.2, -0.15) is 5.26 Å². The number of benzene rings is 1. The molecular weight excluding hydrogens is 334 g/mol. The van der Waals surface area contributed by atoms with Gasteiger partial charge in [-0.1, -0.05) is 12.1 Å². The first-order chi connectivity index (χ1) is 12.2. The van der Waals surface area contributed by atoms with E-state index in [1.165, 1.54) is 22.2 Å². The van der Waals surface area contributed by atoms with Gasteiger partial charge in [-0.25, -0.2) is 4.98 Å². The van der Waals surface area contributed by atoms with Gasteiger partial charge in [-0.05, 0) is 43.0 Å². The highest BCUT2D eigenvalue weighted by atomic mass is 32.2. The second-order valence-corrected chi connectivity index (χ2v) is 7.15. The van der Waals surface area contributed by atoms with Gasteiger partial charge in [-0.3, -0.25) is 14.5 Å². The Morgan fingerprint density at radius 2 is 1.88 bits per heavy atom. The standard InChI is InChI=1S/C19H15N3O2S/c20-11-13-10-12-4-3-7-16(12)21-17(13)25-9-8-22-18(23)14-5-1-2-6-15(14)19(22)24/h1-2,5-6,10H,3-4,7-9H2. The first-order valence-corrected chi connectivity index (χ1v) is 9.18. The molecule has 2 aromatic rings. The summed E-state index contributed by atoms with van der Waals surface area (Å²) in [6, 6.07) is 11.0. The molecule has 1 aliphatic heterocycles. The van der Waals surface area contributed by atoms with E-state index in [1.54, 1.807) is 24.3 Å². The van der Waals surface area contributed by atoms with E-state index in [0.717, 1.165) is 25.0 Å². The van der Waals surface area contributed by atoms with E-state index < -0.39 is 0 Å². The van der Waals surface area contributed by atoms with Crippen LogP contribution in [0.5, 0.6) is 0 Å². The van der Waals surface area contributed by atoms with Gasteiger partial charge in [0.15, 0.2) is 0 Å². The number of nitrogens with zero attached hydrogens (tertiary/aromatic N) is 3. The molecule has 25 heavy (non-hydrogen) atoms. The number of fused-ring (bicyclic) bond motifs is 2. The molecule has 1 aliphatic carbocycles. The summed E-state index contributed by atoms with van der Waals surface area (Å²) in [4.78, 5) is 30.6. The van der Waals surface area contributed by atoms with Gasteiger partial charge in [0.2, 0.25) is 0 Å². The van der Waals surface area contributed by atoms with Gasteiger partial charge in [0.25, 0.3) is 11.8 Å². The Hall–Kier alpha value is -2.65. The number of carbonyl (C=O) groups excluding carboxylic acids is 2. The lowest BCUT2D eigenvalue weighted by atomic mass is 10.1. The van der Waals surface area contributed by atoms with Crippen molar-refractivity contribution in [2.75, 3.05) is 12.3 Å². The molecule has 4 rings (SSSR count). The molecule has 0 radical (unpaired) electrons. The van der Waals surface area contributed by atoms with Gasteiger partial charge in [-0.15, -0.1) is 11.8 Å². The van der Waals surface area contributed by atoms with Crippen LogP contribution in [0.2, 0.25) is 0 Å². The molecule has 2 amide bonds. The number of imide groups is 1. The maximum atomic E-state index is 12.4. The van der Waals surface area contributed by atoms with E-state index in [-0.39, 0.29) is 11.8 Å². The molecule has 1 aromatic carbocycles. The quantitative estimate of drug-likeness (QED) is 0.627. The van der Waals surface area contributed by atoms with Crippen LogP contribution >= 0.6 is 11.8 Å². The Morgan fingerprint density at radius 3 is 2.56 bits per heavy atom. The molecule has 124 valence electrons. The fourth-order valence-electron chi connectivity index (χ4n) is 3.32. The fraction of sp³-hybridized carbons (Fsp3) is 0.263. The molecule has 0 N–H and O–H groups in total. The molecule has 0 saturated carbocycles. The first kappa shape index (κ1) is 15.9. The molecule has 0 atom stereocenters. The van der Waals surface area contributed by atoms with Crippen LogP contribution in [0.15, 0.2) is 35.4 Å². The molecule has 0 fully saturated rings. The average molecular weight is 349 g/mol. The lowest BCUT2D eigenvalue weighted by Gasteiger charge is -2.13. The third kappa shape index (κ3) is 2.71. The third-order valence-electron chi connectivity index (χ3n) is 4.57. The molecule has 6 heteroatoms. The largest absolute Gasteiger partial charge is 0.273 e. The van der Waals surface area contributed by atoms with Gasteiger partial charge >= 0.3 is 0 Å². The predicted molar refractivity (Wildman–Crippen MR) is 93.5 cm³/mol. The Kier molecular flexibility index (Phi) is 4.02. The topological polar surface area (TPSA) is 74.1 Å². The normalized spacial score (nSPS) is 15.2. The van der Waals surface area contributed by atoms with E-state index in [0.29, 0.717) is 34.0 Å². The Bertz CT molecular complexity index is 898. The van der Waals surface area contributed by atoms with Gasteiger partial charge < -0.3 is 0 Å². The number of hydrogen-bond acceptors (Lipinski definition) is 5. The molecule has 1 aromatic heterocycles. The van der Waals surface area contributed by atoms with E-state index in [4.69, 9.17) is 0 Å². The molecular formula is C19H15N3O2S. The number of nitriles is 1. The zero-order valence-corrected chi connectivity index (χ0v) is 14.3. The van der Waals surface area contributed by atoms with Crippen LogP contribution in [0.25, 0.3) is 0 Å². The van der Waals surface area contributed by atoms with Gasteiger partial charge in [0.1, 0.15) is 11.1 Å². The van der Waals surface area contributed by atoms with E-state index in [1.807, 2.05) is 6.07 Å². The van der Waals surface area contributed by atoms with Crippen molar-refractivity contribution >= 4 is 23.6 Å². The lowest BCUT2D eigenvalue weighted by molar-refractivity contribution is 0.0664. The Balaban J connectivity index is 1.47. The zero-order valence-electron chi connectivity index (χ0n) is 13.5. The van der Waals surface area contributed by atoms with Crippen molar-refractivity contribution < 1.29 is 9.59 Å². The van der Waals surface area contributed by atoms with Crippen LogP contribution in [0, 0.1) is 11.3 Å². The Labute approximate surface area is 149 Å². The summed E-state index contributed by atoms with van der Waals surface area (Å²) in [6.45, 7) is 0.306. The van der Waals surface area contributed by atoms with Crippen LogP contribution in [0.4, 0.5) is 0 Å². The summed E-state index contributed by atoms with van der Waals surface area (Å²) in [5, 5.41) is 10.0. The summed E-state index contributed by atoms with van der Waals surface area (Å²) in [5.41, 5.74) is 3.74. The summed E-state index contributed by atoms with van der Waals surface area (Å²) >= 11 is 1.43. The average Bonchev–Trinajstić information content (AvgIpc) is 3.19. The summed E-state index contributed by atoms with van der Waals surface area (Å²) in [7, 11) is 0. The van der Waals surface area contributed by atoms with Crippen LogP contribution in [-0.4, -0.2) is 34.0 Å². The van der Waals surface area contributed by atoms with Crippen molar-refractivity contribution in [3.05, 3.63) is 58.3 Å². The highest BCUT2D eigenvalue weighted by Crippen LogP contribution is 2.29. The fourth-order valence-corrected chi connectivity index (χ4v) is 4.22. The predicted octanol–water partition coefficient (Wildman–Crippen LogP) is 2.83. The maximum Gasteiger partial charge on any atom is 0.261 e. The van der Waals surface area contributed by atoms with Crippen molar-refractivity contribution in [3.63, 3.8) is 0 Å². The van der Waals surface area contributed by atoms with Crippen molar-refractivity contribution in [1.82, 2.24) is 9.88 Å². The van der Waals surface area contributed by atoms with Crippen LogP contribution in [0.3, 0.4) is 0 Å². The number of rotatable bonds is 4. The maximum absolute atomic E-state index is 12.4. The number of hydrogen-bond donors (Lipinski definition) is 0. The minimum atomic E-state index is -0.247. The zero-order chi connectivity index (χ0) is 17.4. The van der Waals surface area contributed by atoms with Crippen LogP contribution in [0.1, 0.15) is 44.0 Å². The van der Waals surface area contributed by atoms with Crippen LogP contribution in [-0.2, 0) is 12.8 Å². The molecule has 5 nitrogen and oxygen atoms in total. The number of thioether (sulfide) groups is 1. The summed E-state index contributed by atoms with van der Waals surface area (Å²) < 4.78 is 0. The second-order valence-electron chi connectivity index (χ2n) is 6.07. The number of carbonyl (C=O) groups is 2. The first-order valence-electron chi connectivity index (χ1n) is 8.20. The number of aryl methyl sites for hydroxylation is 2. The lowest BCUT2D eigenvalue weighted by Crippen LogP contribution is -2.31. The van der Waals surface area contributed by atoms with Crippen molar-refractivity contribution in [3.8, 4) is 6.07 Å². The van der Waals surface area contributed by atoms with Crippen LogP contribution < -0.4 is 0 Å². The van der Waals surface area contributed by atoms with Gasteiger partial charge in [0, 0.05) is 18.0 Å². The highest BCUT2D eigenvalue weighted by Gasteiger charge is 2.34. The summed E-state index contributed by atoms with van der Waals surface area (Å²) in [5.74, 6) is 0.0265. The monoisotopic (exact) mass is 349 g/mol.